The minimum Gasteiger partial charge on any atom is -0.465 e. The number of hydrogen-bond acceptors (Lipinski definition) is 6. The van der Waals surface area contributed by atoms with E-state index in [0.29, 0.717) is 22.9 Å². The van der Waals surface area contributed by atoms with Crippen molar-refractivity contribution in [2.24, 2.45) is 0 Å². The highest BCUT2D eigenvalue weighted by Gasteiger charge is 2.19. The van der Waals surface area contributed by atoms with Crippen molar-refractivity contribution < 1.29 is 18.7 Å². The Morgan fingerprint density at radius 1 is 1.38 bits per heavy atom. The van der Waals surface area contributed by atoms with Gasteiger partial charge in [0.2, 0.25) is 0 Å². The summed E-state index contributed by atoms with van der Waals surface area (Å²) in [6.07, 6.45) is 0.440. The molecule has 0 aliphatic carbocycles. The second-order valence-electron chi connectivity index (χ2n) is 4.43. The molecule has 2 rings (SSSR count). The summed E-state index contributed by atoms with van der Waals surface area (Å²) in [5.74, 6) is -0.436. The third-order valence-electron chi connectivity index (χ3n) is 2.99. The normalized spacial score (nSPS) is 10.4. The number of aldehydes is 1. The number of ether oxygens (including phenoxy) is 1. The molecule has 0 saturated carbocycles. The monoisotopic (exact) mass is 289 g/mol. The van der Waals surface area contributed by atoms with Crippen molar-refractivity contribution >= 4 is 28.9 Å². The number of carbonyl (C=O) groups is 2. The van der Waals surface area contributed by atoms with Crippen molar-refractivity contribution in [3.8, 4) is 0 Å². The number of carbonyl (C=O) groups excluding carboxylic acids is 2. The van der Waals surface area contributed by atoms with Crippen LogP contribution in [-0.2, 0) is 9.53 Å². The number of nitrogens with zero attached hydrogens (tertiary/aromatic N) is 1. The number of para-hydroxylation sites is 1. The number of likely N-dealkylation sites (N-methyl/N-ethyl adjacent to an activating group) is 1. The second kappa shape index (κ2) is 6.21. The van der Waals surface area contributed by atoms with Crippen LogP contribution in [0.3, 0.4) is 0 Å². The van der Waals surface area contributed by atoms with E-state index in [-0.39, 0.29) is 18.7 Å². The van der Waals surface area contributed by atoms with E-state index in [9.17, 15) is 14.4 Å². The summed E-state index contributed by atoms with van der Waals surface area (Å²) in [6.45, 7) is 1.91. The molecule has 0 atom stereocenters. The molecular weight excluding hydrogens is 274 g/mol. The number of hydrogen-bond donors (Lipinski definition) is 0. The van der Waals surface area contributed by atoms with E-state index in [1.165, 1.54) is 4.90 Å². The van der Waals surface area contributed by atoms with E-state index in [4.69, 9.17) is 9.15 Å². The molecule has 0 amide bonds. The maximum atomic E-state index is 11.9. The Labute approximate surface area is 120 Å². The van der Waals surface area contributed by atoms with Gasteiger partial charge in [0.1, 0.15) is 17.7 Å². The third kappa shape index (κ3) is 2.94. The molecule has 0 bridgehead atoms. The summed E-state index contributed by atoms with van der Waals surface area (Å²) >= 11 is 0. The fraction of sp³-hybridized carbons (Fsp3) is 0.267. The van der Waals surface area contributed by atoms with Gasteiger partial charge in [0.05, 0.1) is 12.3 Å². The summed E-state index contributed by atoms with van der Waals surface area (Å²) in [5.41, 5.74) is -0.112. The van der Waals surface area contributed by atoms with E-state index in [2.05, 4.69) is 0 Å². The molecule has 0 unspecified atom stereocenters. The van der Waals surface area contributed by atoms with Crippen LogP contribution in [0.4, 0.5) is 5.69 Å². The molecule has 0 N–H and O–H groups in total. The van der Waals surface area contributed by atoms with Gasteiger partial charge in [-0.1, -0.05) is 12.1 Å². The topological polar surface area (TPSA) is 76.8 Å². The molecule has 6 nitrogen and oxygen atoms in total. The maximum Gasteiger partial charge on any atom is 0.349 e. The Morgan fingerprint density at radius 3 is 2.76 bits per heavy atom. The van der Waals surface area contributed by atoms with Crippen LogP contribution in [0.15, 0.2) is 33.5 Å². The van der Waals surface area contributed by atoms with Crippen molar-refractivity contribution in [2.45, 2.75) is 6.92 Å². The van der Waals surface area contributed by atoms with E-state index in [1.54, 1.807) is 38.2 Å². The first-order valence-corrected chi connectivity index (χ1v) is 6.46. The number of anilines is 1. The van der Waals surface area contributed by atoms with Gasteiger partial charge in [-0.15, -0.1) is 0 Å². The van der Waals surface area contributed by atoms with Crippen LogP contribution in [-0.4, -0.2) is 32.5 Å². The molecule has 0 aliphatic heterocycles. The number of fused-ring (bicyclic) bond motifs is 1. The van der Waals surface area contributed by atoms with Gasteiger partial charge >= 0.3 is 11.6 Å². The predicted molar refractivity (Wildman–Crippen MR) is 77.8 cm³/mol. The first kappa shape index (κ1) is 14.8. The Balaban J connectivity index is 2.57. The van der Waals surface area contributed by atoms with Crippen LogP contribution < -0.4 is 10.5 Å². The van der Waals surface area contributed by atoms with Crippen molar-refractivity contribution in [3.05, 3.63) is 40.2 Å². The lowest BCUT2D eigenvalue weighted by molar-refractivity contribution is -0.141. The van der Waals surface area contributed by atoms with Crippen LogP contribution in [0.25, 0.3) is 11.0 Å². The van der Waals surface area contributed by atoms with E-state index in [0.717, 1.165) is 0 Å². The zero-order chi connectivity index (χ0) is 15.4. The minimum absolute atomic E-state index is 0.0673. The Morgan fingerprint density at radius 2 is 2.10 bits per heavy atom. The van der Waals surface area contributed by atoms with Crippen LogP contribution >= 0.6 is 0 Å². The molecule has 0 aliphatic rings. The summed E-state index contributed by atoms with van der Waals surface area (Å²) in [7, 11) is 1.62. The molecule has 0 fully saturated rings. The van der Waals surface area contributed by atoms with E-state index >= 15 is 0 Å². The largest absolute Gasteiger partial charge is 0.465 e. The summed E-state index contributed by atoms with van der Waals surface area (Å²) in [6, 6.07) is 6.84. The standard InChI is InChI=1S/C15H15NO5/c1-3-20-13(18)8-16(2)14-10-6-4-5-7-12(10)21-15(19)11(14)9-17/h4-7,9H,3,8H2,1-2H3. The van der Waals surface area contributed by atoms with Crippen LogP contribution in [0.1, 0.15) is 17.3 Å². The first-order chi connectivity index (χ1) is 10.1. The molecule has 0 spiro atoms. The van der Waals surface area contributed by atoms with Gasteiger partial charge in [0, 0.05) is 12.4 Å². The lowest BCUT2D eigenvalue weighted by Crippen LogP contribution is -2.29. The minimum atomic E-state index is -0.727. The molecule has 110 valence electrons. The van der Waals surface area contributed by atoms with Crippen LogP contribution in [0, 0.1) is 0 Å². The lowest BCUT2D eigenvalue weighted by Gasteiger charge is -2.20. The van der Waals surface area contributed by atoms with Gasteiger partial charge in [-0.3, -0.25) is 9.59 Å². The van der Waals surface area contributed by atoms with Gasteiger partial charge < -0.3 is 14.1 Å². The molecule has 1 aromatic carbocycles. The summed E-state index contributed by atoms with van der Waals surface area (Å²) in [4.78, 5) is 36.2. The highest BCUT2D eigenvalue weighted by atomic mass is 16.5. The predicted octanol–water partition coefficient (Wildman–Crippen LogP) is 1.60. The molecule has 1 aromatic heterocycles. The van der Waals surface area contributed by atoms with Gasteiger partial charge in [-0.2, -0.15) is 0 Å². The van der Waals surface area contributed by atoms with E-state index in [1.807, 2.05) is 0 Å². The molecule has 2 aromatic rings. The van der Waals surface area contributed by atoms with Gasteiger partial charge in [0.15, 0.2) is 6.29 Å². The van der Waals surface area contributed by atoms with Crippen molar-refractivity contribution in [2.75, 3.05) is 25.1 Å². The van der Waals surface area contributed by atoms with E-state index < -0.39 is 11.6 Å². The average molecular weight is 289 g/mol. The first-order valence-electron chi connectivity index (χ1n) is 6.46. The van der Waals surface area contributed by atoms with Crippen LogP contribution in [0.2, 0.25) is 0 Å². The number of benzene rings is 1. The summed E-state index contributed by atoms with van der Waals surface area (Å²) < 4.78 is 9.98. The van der Waals surface area contributed by atoms with Gasteiger partial charge in [-0.25, -0.2) is 4.79 Å². The lowest BCUT2D eigenvalue weighted by atomic mass is 10.1. The molecular formula is C15H15NO5. The second-order valence-corrected chi connectivity index (χ2v) is 4.43. The van der Waals surface area contributed by atoms with Crippen LogP contribution in [0.5, 0.6) is 0 Å². The fourth-order valence-electron chi connectivity index (χ4n) is 2.14. The zero-order valence-corrected chi connectivity index (χ0v) is 11.8. The molecule has 0 radical (unpaired) electrons. The maximum absolute atomic E-state index is 11.9. The van der Waals surface area contributed by atoms with Gasteiger partial charge in [-0.05, 0) is 19.1 Å². The Hall–Kier alpha value is -2.63. The molecule has 21 heavy (non-hydrogen) atoms. The summed E-state index contributed by atoms with van der Waals surface area (Å²) in [5, 5.41) is 0.589. The Kier molecular flexibility index (Phi) is 4.37. The highest BCUT2D eigenvalue weighted by molar-refractivity contribution is 6.00. The quantitative estimate of drug-likeness (QED) is 0.473. The van der Waals surface area contributed by atoms with Crippen molar-refractivity contribution in [1.82, 2.24) is 0 Å². The fourth-order valence-corrected chi connectivity index (χ4v) is 2.14. The Bertz CT molecular complexity index is 734. The number of rotatable bonds is 5. The molecule has 1 heterocycles. The number of esters is 1. The van der Waals surface area contributed by atoms with Gasteiger partial charge in [0.25, 0.3) is 0 Å². The van der Waals surface area contributed by atoms with Crippen molar-refractivity contribution in [1.29, 1.82) is 0 Å². The average Bonchev–Trinajstić information content (AvgIpc) is 2.45. The SMILES string of the molecule is CCOC(=O)CN(C)c1c(C=O)c(=O)oc2ccccc12. The zero-order valence-electron chi connectivity index (χ0n) is 11.8. The smallest absolute Gasteiger partial charge is 0.349 e. The highest BCUT2D eigenvalue weighted by Crippen LogP contribution is 2.27. The van der Waals surface area contributed by atoms with Crippen molar-refractivity contribution in [3.63, 3.8) is 0 Å². The molecule has 6 heteroatoms. The molecule has 0 saturated heterocycles. The third-order valence-corrected chi connectivity index (χ3v) is 2.99.